The van der Waals surface area contributed by atoms with E-state index in [4.69, 9.17) is 22.6 Å². The third kappa shape index (κ3) is 6.35. The molecule has 0 spiro atoms. The lowest BCUT2D eigenvalue weighted by Gasteiger charge is -2.36. The van der Waals surface area contributed by atoms with Gasteiger partial charge in [-0.05, 0) is 85.8 Å². The molecule has 194 valence electrons. The average Bonchev–Trinajstić information content (AvgIpc) is 2.93. The van der Waals surface area contributed by atoms with Gasteiger partial charge in [-0.2, -0.15) is 5.26 Å². The lowest BCUT2D eigenvalue weighted by atomic mass is 9.90. The average molecular weight is 532 g/mol. The molecule has 1 saturated carbocycles. The first-order valence-corrected chi connectivity index (χ1v) is 12.5. The van der Waals surface area contributed by atoms with Crippen LogP contribution in [0.5, 0.6) is 0 Å². The van der Waals surface area contributed by atoms with Crippen LogP contribution in [-0.4, -0.2) is 33.7 Å². The molecule has 3 aromatic carbocycles. The number of non-ortho nitro benzene ring substituents is 1. The van der Waals surface area contributed by atoms with Crippen LogP contribution in [-0.2, 0) is 6.54 Å². The summed E-state index contributed by atoms with van der Waals surface area (Å²) in [5.74, 6) is -0.605. The third-order valence-electron chi connectivity index (χ3n) is 6.69. The van der Waals surface area contributed by atoms with Gasteiger partial charge in [0, 0.05) is 52.6 Å². The van der Waals surface area contributed by atoms with E-state index in [0.29, 0.717) is 27.4 Å². The summed E-state index contributed by atoms with van der Waals surface area (Å²) in [6, 6.07) is 19.0. The Morgan fingerprint density at radius 3 is 2.26 bits per heavy atom. The Morgan fingerprint density at radius 2 is 1.66 bits per heavy atom. The van der Waals surface area contributed by atoms with E-state index >= 15 is 0 Å². The van der Waals surface area contributed by atoms with Crippen LogP contribution < -0.4 is 11.1 Å². The fourth-order valence-corrected chi connectivity index (χ4v) is 4.71. The smallest absolute Gasteiger partial charge is 0.269 e. The Hall–Kier alpha value is -4.26. The van der Waals surface area contributed by atoms with E-state index in [1.54, 1.807) is 47.4 Å². The molecular formula is C28H26ClN5O4. The Morgan fingerprint density at radius 1 is 1.03 bits per heavy atom. The van der Waals surface area contributed by atoms with Gasteiger partial charge in [-0.25, -0.2) is 0 Å². The predicted octanol–water partition coefficient (Wildman–Crippen LogP) is 5.28. The molecule has 10 heteroatoms. The Kier molecular flexibility index (Phi) is 8.36. The van der Waals surface area contributed by atoms with E-state index in [2.05, 4.69) is 11.4 Å². The molecule has 38 heavy (non-hydrogen) atoms. The first-order valence-electron chi connectivity index (χ1n) is 12.2. The lowest BCUT2D eigenvalue weighted by Crippen LogP contribution is -2.44. The fraction of sp³-hybridized carbons (Fsp3) is 0.250. The summed E-state index contributed by atoms with van der Waals surface area (Å²) in [5, 5.41) is 23.2. The second-order valence-electron chi connectivity index (χ2n) is 9.26. The molecule has 0 heterocycles. The zero-order chi connectivity index (χ0) is 27.2. The van der Waals surface area contributed by atoms with Crippen LogP contribution in [0, 0.1) is 21.4 Å². The molecule has 0 aromatic heterocycles. The predicted molar refractivity (Wildman–Crippen MR) is 144 cm³/mol. The summed E-state index contributed by atoms with van der Waals surface area (Å²) in [7, 11) is 0. The highest BCUT2D eigenvalue weighted by Crippen LogP contribution is 2.29. The van der Waals surface area contributed by atoms with Crippen molar-refractivity contribution >= 4 is 34.8 Å². The van der Waals surface area contributed by atoms with Crippen LogP contribution in [0.4, 0.5) is 11.4 Å². The summed E-state index contributed by atoms with van der Waals surface area (Å²) < 4.78 is 0. The standard InChI is InChI=1S/C28H26ClN5O4/c29-26-14-9-23(32-27(35)19-5-10-25(11-6-19)34(37)38)15-21(26)17-33(24-12-7-22(31)8-13-24)28(36)20-3-1-18(16-30)2-4-20/h1-6,9-11,14-15,22,24H,7-8,12-13,17,31H2,(H,32,35). The minimum Gasteiger partial charge on any atom is -0.331 e. The largest absolute Gasteiger partial charge is 0.331 e. The molecule has 0 saturated heterocycles. The summed E-state index contributed by atoms with van der Waals surface area (Å²) in [6.45, 7) is 0.221. The number of carbonyl (C=O) groups is 2. The van der Waals surface area contributed by atoms with Crippen molar-refractivity contribution in [1.82, 2.24) is 4.90 Å². The summed E-state index contributed by atoms with van der Waals surface area (Å²) >= 11 is 6.52. The van der Waals surface area contributed by atoms with Gasteiger partial charge in [-0.1, -0.05) is 11.6 Å². The number of nitro groups is 1. The van der Waals surface area contributed by atoms with E-state index in [9.17, 15) is 19.7 Å². The number of hydrogen-bond donors (Lipinski definition) is 2. The van der Waals surface area contributed by atoms with Crippen molar-refractivity contribution in [2.75, 3.05) is 5.32 Å². The highest BCUT2D eigenvalue weighted by atomic mass is 35.5. The normalized spacial score (nSPS) is 16.8. The molecule has 4 rings (SSSR count). The van der Waals surface area contributed by atoms with Gasteiger partial charge < -0.3 is 16.0 Å². The second-order valence-corrected chi connectivity index (χ2v) is 9.66. The van der Waals surface area contributed by atoms with E-state index in [-0.39, 0.29) is 35.8 Å². The maximum Gasteiger partial charge on any atom is 0.269 e. The number of nitrogens with two attached hydrogens (primary N) is 1. The molecule has 3 aromatic rings. The number of halogens is 1. The molecule has 1 aliphatic carbocycles. The highest BCUT2D eigenvalue weighted by Gasteiger charge is 2.29. The summed E-state index contributed by atoms with van der Waals surface area (Å²) in [6.07, 6.45) is 3.14. The van der Waals surface area contributed by atoms with Gasteiger partial charge in [-0.15, -0.1) is 0 Å². The number of carbonyl (C=O) groups excluding carboxylic acids is 2. The van der Waals surface area contributed by atoms with Gasteiger partial charge in [0.2, 0.25) is 0 Å². The van der Waals surface area contributed by atoms with Gasteiger partial charge >= 0.3 is 0 Å². The molecule has 2 amide bonds. The van der Waals surface area contributed by atoms with E-state index in [1.165, 1.54) is 24.3 Å². The number of nitrogens with one attached hydrogen (secondary N) is 1. The number of nitro benzene ring substituents is 1. The van der Waals surface area contributed by atoms with E-state index < -0.39 is 10.8 Å². The Labute approximate surface area is 225 Å². The quantitative estimate of drug-likeness (QED) is 0.313. The molecular weight excluding hydrogens is 506 g/mol. The molecule has 1 fully saturated rings. The number of nitrogens with zero attached hydrogens (tertiary/aromatic N) is 3. The Balaban J connectivity index is 1.57. The molecule has 0 unspecified atom stereocenters. The zero-order valence-electron chi connectivity index (χ0n) is 20.5. The van der Waals surface area contributed by atoms with E-state index in [1.807, 2.05) is 0 Å². The number of amides is 2. The molecule has 9 nitrogen and oxygen atoms in total. The van der Waals surface area contributed by atoms with E-state index in [0.717, 1.165) is 25.7 Å². The van der Waals surface area contributed by atoms with Crippen LogP contribution in [0.15, 0.2) is 66.7 Å². The van der Waals surface area contributed by atoms with Gasteiger partial charge in [0.15, 0.2) is 0 Å². The molecule has 0 bridgehead atoms. The van der Waals surface area contributed by atoms with Gasteiger partial charge in [0.05, 0.1) is 16.6 Å². The third-order valence-corrected chi connectivity index (χ3v) is 7.06. The molecule has 0 aliphatic heterocycles. The van der Waals surface area contributed by atoms with Crippen molar-refractivity contribution in [2.45, 2.75) is 44.3 Å². The van der Waals surface area contributed by atoms with Crippen molar-refractivity contribution in [3.8, 4) is 6.07 Å². The Bertz CT molecular complexity index is 1380. The molecule has 0 radical (unpaired) electrons. The number of nitriles is 1. The maximum absolute atomic E-state index is 13.6. The van der Waals surface area contributed by atoms with Gasteiger partial charge in [0.1, 0.15) is 0 Å². The van der Waals surface area contributed by atoms with Crippen molar-refractivity contribution in [3.63, 3.8) is 0 Å². The van der Waals surface area contributed by atoms with Crippen LogP contribution in [0.3, 0.4) is 0 Å². The highest BCUT2D eigenvalue weighted by molar-refractivity contribution is 6.31. The lowest BCUT2D eigenvalue weighted by molar-refractivity contribution is -0.384. The van der Waals surface area contributed by atoms with Crippen molar-refractivity contribution in [3.05, 3.63) is 104 Å². The van der Waals surface area contributed by atoms with Crippen molar-refractivity contribution < 1.29 is 14.5 Å². The first kappa shape index (κ1) is 26.8. The number of anilines is 1. The minimum absolute atomic E-state index is 0.0348. The van der Waals surface area contributed by atoms with Gasteiger partial charge in [-0.3, -0.25) is 19.7 Å². The first-order chi connectivity index (χ1) is 18.2. The summed E-state index contributed by atoms with van der Waals surface area (Å²) in [5.41, 5.74) is 8.34. The summed E-state index contributed by atoms with van der Waals surface area (Å²) in [4.78, 5) is 38.5. The van der Waals surface area contributed by atoms with Crippen molar-refractivity contribution in [1.29, 1.82) is 5.26 Å². The van der Waals surface area contributed by atoms with Crippen molar-refractivity contribution in [2.24, 2.45) is 5.73 Å². The number of rotatable bonds is 7. The topological polar surface area (TPSA) is 142 Å². The van der Waals surface area contributed by atoms with Crippen LogP contribution >= 0.6 is 11.6 Å². The minimum atomic E-state index is -0.530. The SMILES string of the molecule is N#Cc1ccc(C(=O)N(Cc2cc(NC(=O)c3ccc([N+](=O)[O-])cc3)ccc2Cl)C2CCC(N)CC2)cc1. The molecule has 1 aliphatic rings. The number of benzene rings is 3. The van der Waals surface area contributed by atoms with Gasteiger partial charge in [0.25, 0.3) is 17.5 Å². The zero-order valence-corrected chi connectivity index (χ0v) is 21.2. The molecule has 3 N–H and O–H groups in total. The number of hydrogen-bond acceptors (Lipinski definition) is 6. The molecule has 0 atom stereocenters. The fourth-order valence-electron chi connectivity index (χ4n) is 4.53. The van der Waals surface area contributed by atoms with Crippen LogP contribution in [0.1, 0.15) is 57.5 Å². The maximum atomic E-state index is 13.6. The van der Waals surface area contributed by atoms with Crippen LogP contribution in [0.25, 0.3) is 0 Å². The second kappa shape index (κ2) is 11.9. The monoisotopic (exact) mass is 531 g/mol. The van der Waals surface area contributed by atoms with Crippen LogP contribution in [0.2, 0.25) is 5.02 Å².